The molecule has 0 spiro atoms. The molecule has 3 aromatic carbocycles. The van der Waals surface area contributed by atoms with Gasteiger partial charge in [-0.3, -0.25) is 9.10 Å². The first-order valence-corrected chi connectivity index (χ1v) is 14.4. The van der Waals surface area contributed by atoms with Gasteiger partial charge in [0.05, 0.1) is 21.8 Å². The minimum Gasteiger partial charge on any atom is -0.318 e. The van der Waals surface area contributed by atoms with Crippen LogP contribution in [0.15, 0.2) is 82.8 Å². The van der Waals surface area contributed by atoms with Gasteiger partial charge in [-0.05, 0) is 68.4 Å². The Morgan fingerprint density at radius 2 is 1.59 bits per heavy atom. The van der Waals surface area contributed by atoms with E-state index in [2.05, 4.69) is 10.5 Å². The second kappa shape index (κ2) is 12.0. The number of halogens is 4. The fourth-order valence-corrected chi connectivity index (χ4v) is 6.56. The molecule has 4 aromatic rings. The standard InChI is InChI=1S/C27H22Cl4N4O3S/c1-17-10-19(18(2)35(17)23-12-21(29)11-22(30)13-23)15-32-33-27(36)16-34(26-9-8-20(28)14-25(26)31)39(37,38)24-6-4-3-5-7-24/h3-15H,16H2,1-2H3,(H,33,36)/b32-15+. The second-order valence-corrected chi connectivity index (χ2v) is 12.1. The van der Waals surface area contributed by atoms with Crippen LogP contribution in [0.4, 0.5) is 5.69 Å². The van der Waals surface area contributed by atoms with Gasteiger partial charge in [0.25, 0.3) is 15.9 Å². The van der Waals surface area contributed by atoms with E-state index >= 15 is 0 Å². The Bertz CT molecular complexity index is 1650. The number of nitrogens with zero attached hydrogens (tertiary/aromatic N) is 3. The number of hydrogen-bond acceptors (Lipinski definition) is 4. The van der Waals surface area contributed by atoms with Gasteiger partial charge in [0, 0.05) is 37.7 Å². The summed E-state index contributed by atoms with van der Waals surface area (Å²) in [4.78, 5) is 12.9. The summed E-state index contributed by atoms with van der Waals surface area (Å²) < 4.78 is 29.8. The Kier molecular flexibility index (Phi) is 8.93. The van der Waals surface area contributed by atoms with Crippen LogP contribution in [0.3, 0.4) is 0 Å². The van der Waals surface area contributed by atoms with Crippen molar-refractivity contribution in [2.45, 2.75) is 18.7 Å². The Morgan fingerprint density at radius 3 is 2.23 bits per heavy atom. The molecule has 202 valence electrons. The summed E-state index contributed by atoms with van der Waals surface area (Å²) in [5.41, 5.74) is 5.76. The van der Waals surface area contributed by atoms with E-state index in [1.165, 1.54) is 36.5 Å². The number of nitrogens with one attached hydrogen (secondary N) is 1. The molecule has 1 aromatic heterocycles. The summed E-state index contributed by atoms with van der Waals surface area (Å²) in [6.45, 7) is 3.23. The Balaban J connectivity index is 1.58. The van der Waals surface area contributed by atoms with Crippen molar-refractivity contribution in [3.8, 4) is 5.69 Å². The first-order valence-electron chi connectivity index (χ1n) is 11.5. The molecule has 0 fully saturated rings. The molecule has 0 aliphatic heterocycles. The smallest absolute Gasteiger partial charge is 0.264 e. The fraction of sp³-hybridized carbons (Fsp3) is 0.111. The molecule has 0 radical (unpaired) electrons. The molecule has 7 nitrogen and oxygen atoms in total. The lowest BCUT2D eigenvalue weighted by Crippen LogP contribution is -2.39. The molecule has 39 heavy (non-hydrogen) atoms. The van der Waals surface area contributed by atoms with Gasteiger partial charge in [0.1, 0.15) is 6.54 Å². The molecule has 1 amide bonds. The van der Waals surface area contributed by atoms with Gasteiger partial charge in [0.2, 0.25) is 0 Å². The molecular weight excluding hydrogens is 602 g/mol. The number of anilines is 1. The highest BCUT2D eigenvalue weighted by atomic mass is 35.5. The Labute approximate surface area is 246 Å². The van der Waals surface area contributed by atoms with E-state index in [9.17, 15) is 13.2 Å². The highest BCUT2D eigenvalue weighted by Gasteiger charge is 2.28. The van der Waals surface area contributed by atoms with Crippen LogP contribution >= 0.6 is 46.4 Å². The molecule has 1 N–H and O–H groups in total. The number of amides is 1. The molecule has 0 saturated heterocycles. The molecule has 0 aliphatic rings. The number of carbonyl (C=O) groups excluding carboxylic acids is 1. The molecule has 0 unspecified atom stereocenters. The zero-order chi connectivity index (χ0) is 28.3. The normalized spacial score (nSPS) is 11.6. The number of aromatic nitrogens is 1. The summed E-state index contributed by atoms with van der Waals surface area (Å²) in [5.74, 6) is -0.674. The van der Waals surface area contributed by atoms with Crippen molar-refractivity contribution in [1.29, 1.82) is 0 Å². The van der Waals surface area contributed by atoms with Crippen molar-refractivity contribution >= 4 is 74.2 Å². The SMILES string of the molecule is Cc1cc(/C=N/NC(=O)CN(c2ccc(Cl)cc2Cl)S(=O)(=O)c2ccccc2)c(C)n1-c1cc(Cl)cc(Cl)c1. The maximum Gasteiger partial charge on any atom is 0.264 e. The number of rotatable bonds is 8. The highest BCUT2D eigenvalue weighted by molar-refractivity contribution is 7.92. The largest absolute Gasteiger partial charge is 0.318 e. The highest BCUT2D eigenvalue weighted by Crippen LogP contribution is 2.32. The van der Waals surface area contributed by atoms with Crippen molar-refractivity contribution in [3.05, 3.63) is 110 Å². The van der Waals surface area contributed by atoms with Crippen molar-refractivity contribution in [1.82, 2.24) is 9.99 Å². The molecule has 0 bridgehead atoms. The van der Waals surface area contributed by atoms with Crippen LogP contribution in [0.25, 0.3) is 5.69 Å². The third kappa shape index (κ3) is 6.59. The third-order valence-electron chi connectivity index (χ3n) is 5.77. The summed E-state index contributed by atoms with van der Waals surface area (Å²) >= 11 is 24.7. The predicted octanol–water partition coefficient (Wildman–Crippen LogP) is 7.05. The Morgan fingerprint density at radius 1 is 0.923 bits per heavy atom. The van der Waals surface area contributed by atoms with Gasteiger partial charge < -0.3 is 4.57 Å². The maximum atomic E-state index is 13.5. The average molecular weight is 624 g/mol. The van der Waals surface area contributed by atoms with Crippen LogP contribution in [0.5, 0.6) is 0 Å². The van der Waals surface area contributed by atoms with Gasteiger partial charge in [-0.2, -0.15) is 5.10 Å². The van der Waals surface area contributed by atoms with Crippen LogP contribution in [-0.4, -0.2) is 31.7 Å². The van der Waals surface area contributed by atoms with Crippen LogP contribution < -0.4 is 9.73 Å². The minimum absolute atomic E-state index is 0.000812. The van der Waals surface area contributed by atoms with Gasteiger partial charge in [-0.15, -0.1) is 0 Å². The molecular formula is C27H22Cl4N4O3S. The predicted molar refractivity (Wildman–Crippen MR) is 158 cm³/mol. The summed E-state index contributed by atoms with van der Waals surface area (Å²) in [7, 11) is -4.14. The van der Waals surface area contributed by atoms with Crippen LogP contribution in [0, 0.1) is 13.8 Å². The molecule has 12 heteroatoms. The van der Waals surface area contributed by atoms with E-state index in [0.717, 1.165) is 26.9 Å². The van der Waals surface area contributed by atoms with Crippen molar-refractivity contribution in [2.75, 3.05) is 10.8 Å². The van der Waals surface area contributed by atoms with Gasteiger partial charge in [0.15, 0.2) is 0 Å². The number of sulfonamides is 1. The topological polar surface area (TPSA) is 83.8 Å². The number of hydrazone groups is 1. The number of benzene rings is 3. The maximum absolute atomic E-state index is 13.5. The molecule has 0 atom stereocenters. The minimum atomic E-state index is -4.14. The van der Waals surface area contributed by atoms with Crippen molar-refractivity contribution in [2.24, 2.45) is 5.10 Å². The molecule has 0 saturated carbocycles. The number of hydrogen-bond donors (Lipinski definition) is 1. The lowest BCUT2D eigenvalue weighted by Gasteiger charge is -2.24. The first kappa shape index (κ1) is 29.0. The van der Waals surface area contributed by atoms with Crippen molar-refractivity contribution in [3.63, 3.8) is 0 Å². The lowest BCUT2D eigenvalue weighted by atomic mass is 10.2. The summed E-state index contributed by atoms with van der Waals surface area (Å²) in [6, 6.07) is 19.2. The van der Waals surface area contributed by atoms with Gasteiger partial charge in [-0.25, -0.2) is 13.8 Å². The van der Waals surface area contributed by atoms with Crippen LogP contribution in [-0.2, 0) is 14.8 Å². The number of carbonyl (C=O) groups is 1. The van der Waals surface area contributed by atoms with Gasteiger partial charge in [-0.1, -0.05) is 64.6 Å². The third-order valence-corrected chi connectivity index (χ3v) is 8.51. The van der Waals surface area contributed by atoms with E-state index in [4.69, 9.17) is 46.4 Å². The van der Waals surface area contributed by atoms with E-state index in [-0.39, 0.29) is 15.6 Å². The monoisotopic (exact) mass is 622 g/mol. The fourth-order valence-electron chi connectivity index (χ4n) is 4.03. The average Bonchev–Trinajstić information content (AvgIpc) is 3.15. The van der Waals surface area contributed by atoms with E-state index in [1.807, 2.05) is 24.5 Å². The zero-order valence-electron chi connectivity index (χ0n) is 20.7. The first-order chi connectivity index (χ1) is 18.5. The summed E-state index contributed by atoms with van der Waals surface area (Å²) in [5, 5.41) is 5.47. The number of aryl methyl sites for hydroxylation is 1. The van der Waals surface area contributed by atoms with E-state index in [0.29, 0.717) is 15.1 Å². The van der Waals surface area contributed by atoms with Gasteiger partial charge >= 0.3 is 0 Å². The van der Waals surface area contributed by atoms with E-state index in [1.54, 1.807) is 36.4 Å². The zero-order valence-corrected chi connectivity index (χ0v) is 24.5. The molecule has 4 rings (SSSR count). The van der Waals surface area contributed by atoms with Crippen molar-refractivity contribution < 1.29 is 13.2 Å². The second-order valence-electron chi connectivity index (χ2n) is 8.50. The summed E-state index contributed by atoms with van der Waals surface area (Å²) in [6.07, 6.45) is 1.48. The lowest BCUT2D eigenvalue weighted by molar-refractivity contribution is -0.119. The molecule has 1 heterocycles. The quantitative estimate of drug-likeness (QED) is 0.169. The Hall–Kier alpha value is -3.01. The molecule has 0 aliphatic carbocycles. The van der Waals surface area contributed by atoms with Crippen LogP contribution in [0.1, 0.15) is 17.0 Å². The van der Waals surface area contributed by atoms with E-state index < -0.39 is 22.5 Å². The van der Waals surface area contributed by atoms with Crippen LogP contribution in [0.2, 0.25) is 20.1 Å².